The van der Waals surface area contributed by atoms with Gasteiger partial charge in [0.05, 0.1) is 0 Å². The second kappa shape index (κ2) is 9.81. The Morgan fingerprint density at radius 1 is 0.921 bits per heavy atom. The van der Waals surface area contributed by atoms with Gasteiger partial charge in [0.2, 0.25) is 0 Å². The molecule has 2 heterocycles. The number of para-hydroxylation sites is 1. The Bertz CT molecular complexity index is 1800. The number of carbonyl (C=O) groups is 1. The van der Waals surface area contributed by atoms with Crippen molar-refractivity contribution in [1.29, 1.82) is 5.26 Å². The van der Waals surface area contributed by atoms with Gasteiger partial charge >= 0.3 is 226 Å². The molecule has 0 amide bonds. The average molecular weight is 553 g/mol. The normalized spacial score (nSPS) is 14.7. The molecule has 6 rings (SSSR count). The fourth-order valence-corrected chi connectivity index (χ4v) is 6.74. The van der Waals surface area contributed by atoms with Gasteiger partial charge in [-0.1, -0.05) is 0 Å². The summed E-state index contributed by atoms with van der Waals surface area (Å²) in [5.74, 6) is 0.650. The Morgan fingerprint density at radius 3 is 2.32 bits per heavy atom. The Morgan fingerprint density at radius 2 is 1.63 bits per heavy atom. The number of pyridine rings is 1. The summed E-state index contributed by atoms with van der Waals surface area (Å²) in [5, 5.41) is 11.7. The molecule has 0 saturated carbocycles. The van der Waals surface area contributed by atoms with E-state index in [-0.39, 0.29) is 26.0 Å². The molecule has 0 N–H and O–H groups in total. The third-order valence-corrected chi connectivity index (χ3v) is 8.52. The molecule has 1 aliphatic rings. The van der Waals surface area contributed by atoms with Crippen LogP contribution in [0, 0.1) is 17.9 Å². The molecule has 0 saturated heterocycles. The average Bonchev–Trinajstić information content (AvgIpc) is 3.52. The van der Waals surface area contributed by atoms with Crippen molar-refractivity contribution in [1.82, 2.24) is 4.98 Å². The monoisotopic (exact) mass is 554 g/mol. The summed E-state index contributed by atoms with van der Waals surface area (Å²) in [7, 11) is 0. The van der Waals surface area contributed by atoms with Gasteiger partial charge in [-0.15, -0.1) is 0 Å². The molecule has 0 aliphatic heterocycles. The molecule has 178 valence electrons. The zero-order valence-corrected chi connectivity index (χ0v) is 21.7. The van der Waals surface area contributed by atoms with Crippen molar-refractivity contribution in [3.8, 4) is 6.07 Å². The Labute approximate surface area is 225 Å². The van der Waals surface area contributed by atoms with Crippen LogP contribution in [0.4, 0.5) is 16.1 Å². The predicted octanol–water partition coefficient (Wildman–Crippen LogP) is 7.20. The van der Waals surface area contributed by atoms with Crippen LogP contribution in [0.1, 0.15) is 20.4 Å². The molecule has 38 heavy (non-hydrogen) atoms. The van der Waals surface area contributed by atoms with Crippen LogP contribution >= 0.6 is 0 Å². The minimum atomic E-state index is -0.160. The summed E-state index contributed by atoms with van der Waals surface area (Å²) in [6.07, 6.45) is 3.63. The molecular weight excluding hydrogens is 535 g/mol. The standard InChI is InChI=1S/C32H18N4OSe/c1-34-28(20-33)31-25-17-21-9-5-6-10-22(21)18-26(25)32(37)27(31)19-24-14-15-30(38-24)36(23-11-3-2-4-12-23)29-13-7-8-16-35-29/h2-19H/b27-19+,31-28-. The molecule has 0 atom stereocenters. The summed E-state index contributed by atoms with van der Waals surface area (Å²) in [5.41, 5.74) is 2.92. The number of Topliss-reactive ketones (excluding diaryl/α,β-unsaturated/α-hetero) is 1. The van der Waals surface area contributed by atoms with Crippen molar-refractivity contribution in [3.63, 3.8) is 0 Å². The van der Waals surface area contributed by atoms with Crippen molar-refractivity contribution in [3.05, 3.63) is 142 Å². The minimum absolute atomic E-state index is 0.0719. The molecule has 0 bridgehead atoms. The van der Waals surface area contributed by atoms with Gasteiger partial charge < -0.3 is 0 Å². The number of anilines is 3. The number of carbonyl (C=O) groups excluding carboxylic acids is 1. The number of nitriles is 1. The Hall–Kier alpha value is -5.00. The van der Waals surface area contributed by atoms with Crippen LogP contribution in [-0.2, 0) is 0 Å². The topological polar surface area (TPSA) is 61.4 Å². The zero-order valence-electron chi connectivity index (χ0n) is 20.0. The van der Waals surface area contributed by atoms with Gasteiger partial charge in [0.15, 0.2) is 0 Å². The van der Waals surface area contributed by atoms with Crippen LogP contribution in [0.3, 0.4) is 0 Å². The van der Waals surface area contributed by atoms with Crippen LogP contribution in [0.2, 0.25) is 0 Å². The van der Waals surface area contributed by atoms with E-state index in [4.69, 9.17) is 6.57 Å². The fraction of sp³-hybridized carbons (Fsp3) is 0. The number of hydrogen-bond acceptors (Lipinski definition) is 4. The molecule has 6 heteroatoms. The van der Waals surface area contributed by atoms with Gasteiger partial charge in [0.1, 0.15) is 0 Å². The number of ketones is 1. The number of nitrogens with zero attached hydrogens (tertiary/aromatic N) is 4. The van der Waals surface area contributed by atoms with E-state index < -0.39 is 0 Å². The van der Waals surface area contributed by atoms with E-state index in [1.54, 1.807) is 6.20 Å². The second-order valence-corrected chi connectivity index (χ2v) is 10.9. The van der Waals surface area contributed by atoms with Gasteiger partial charge in [-0.05, 0) is 0 Å². The summed E-state index contributed by atoms with van der Waals surface area (Å²) >= 11 is -0.143. The first-order chi connectivity index (χ1) is 18.7. The van der Waals surface area contributed by atoms with Gasteiger partial charge in [-0.2, -0.15) is 0 Å². The Balaban J connectivity index is 1.49. The van der Waals surface area contributed by atoms with E-state index in [0.717, 1.165) is 31.3 Å². The number of rotatable bonds is 4. The maximum atomic E-state index is 13.7. The number of allylic oxidation sites excluding steroid dienone is 3. The van der Waals surface area contributed by atoms with Crippen LogP contribution in [-0.4, -0.2) is 25.3 Å². The predicted molar refractivity (Wildman–Crippen MR) is 151 cm³/mol. The molecule has 1 aliphatic carbocycles. The number of aromatic nitrogens is 1. The second-order valence-electron chi connectivity index (χ2n) is 8.61. The van der Waals surface area contributed by atoms with Crippen LogP contribution in [0.5, 0.6) is 0 Å². The van der Waals surface area contributed by atoms with Gasteiger partial charge in [0, 0.05) is 0 Å². The van der Waals surface area contributed by atoms with Crippen LogP contribution < -0.4 is 4.90 Å². The summed E-state index contributed by atoms with van der Waals surface area (Å²) < 4.78 is 2.05. The summed E-state index contributed by atoms with van der Waals surface area (Å²) in [4.78, 5) is 23.8. The van der Waals surface area contributed by atoms with Crippen molar-refractivity contribution >= 4 is 58.8 Å². The number of benzene rings is 3. The van der Waals surface area contributed by atoms with E-state index >= 15 is 0 Å². The Kier molecular flexibility index (Phi) is 6.04. The van der Waals surface area contributed by atoms with Crippen molar-refractivity contribution in [2.75, 3.05) is 4.90 Å². The van der Waals surface area contributed by atoms with Crippen LogP contribution in [0.15, 0.2) is 115 Å². The third kappa shape index (κ3) is 4.05. The molecule has 5 aromatic rings. The molecular formula is C32H18N4OSe. The quantitative estimate of drug-likeness (QED) is 0.102. The summed E-state index contributed by atoms with van der Waals surface area (Å²) in [6.45, 7) is 7.62. The molecule has 0 spiro atoms. The summed E-state index contributed by atoms with van der Waals surface area (Å²) in [6, 6.07) is 33.5. The molecule has 0 fully saturated rings. The van der Waals surface area contributed by atoms with E-state index in [0.29, 0.717) is 22.3 Å². The first kappa shape index (κ1) is 23.4. The maximum absolute atomic E-state index is 13.7. The van der Waals surface area contributed by atoms with E-state index in [1.165, 1.54) is 0 Å². The van der Waals surface area contributed by atoms with Crippen molar-refractivity contribution in [2.45, 2.75) is 0 Å². The number of hydrogen-bond donors (Lipinski definition) is 0. The van der Waals surface area contributed by atoms with Gasteiger partial charge in [-0.3, -0.25) is 0 Å². The van der Waals surface area contributed by atoms with E-state index in [9.17, 15) is 10.1 Å². The zero-order chi connectivity index (χ0) is 26.1. The van der Waals surface area contributed by atoms with Crippen LogP contribution in [0.25, 0.3) is 27.3 Å². The SMILES string of the molecule is [C-]#[N+]/C(C#N)=C1\C(=C/c2ccc(N(c3ccccc3)c3ccccn3)[se]2)C(=O)c2cc3ccccc3cc21. The molecule has 2 aromatic heterocycles. The molecule has 0 unspecified atom stereocenters. The van der Waals surface area contributed by atoms with E-state index in [1.807, 2.05) is 103 Å². The number of fused-ring (bicyclic) bond motifs is 2. The first-order valence-electron chi connectivity index (χ1n) is 11.9. The molecule has 3 aromatic carbocycles. The third-order valence-electron chi connectivity index (χ3n) is 6.38. The fourth-order valence-electron chi connectivity index (χ4n) is 4.69. The van der Waals surface area contributed by atoms with Gasteiger partial charge in [0.25, 0.3) is 0 Å². The van der Waals surface area contributed by atoms with E-state index in [2.05, 4.69) is 20.8 Å². The molecule has 0 radical (unpaired) electrons. The van der Waals surface area contributed by atoms with Crippen molar-refractivity contribution in [2.24, 2.45) is 0 Å². The van der Waals surface area contributed by atoms with Crippen molar-refractivity contribution < 1.29 is 4.79 Å². The van der Waals surface area contributed by atoms with Gasteiger partial charge in [-0.25, -0.2) is 0 Å². The molecule has 5 nitrogen and oxygen atoms in total. The first-order valence-corrected chi connectivity index (χ1v) is 13.6.